The molecule has 1 N–H and O–H groups in total. The fourth-order valence-electron chi connectivity index (χ4n) is 1.97. The zero-order valence-electron chi connectivity index (χ0n) is 8.73. The number of fused-ring (bicyclic) bond motifs is 1. The fourth-order valence-corrected chi connectivity index (χ4v) is 4.32. The maximum Gasteiger partial charge on any atom is 0.327 e. The molecule has 0 aromatic rings. The van der Waals surface area contributed by atoms with Crippen molar-refractivity contribution in [3.63, 3.8) is 0 Å². The van der Waals surface area contributed by atoms with Gasteiger partial charge in [0.05, 0.1) is 0 Å². The van der Waals surface area contributed by atoms with Crippen molar-refractivity contribution in [2.45, 2.75) is 34.8 Å². The second-order valence-electron chi connectivity index (χ2n) is 4.00. The van der Waals surface area contributed by atoms with E-state index in [1.807, 2.05) is 13.8 Å². The molecule has 0 aromatic carbocycles. The molecule has 0 saturated carbocycles. The van der Waals surface area contributed by atoms with Crippen LogP contribution in [0.25, 0.3) is 0 Å². The smallest absolute Gasteiger partial charge is 0.327 e. The van der Waals surface area contributed by atoms with Gasteiger partial charge < -0.3 is 10.0 Å². The molecule has 79 valence electrons. The van der Waals surface area contributed by atoms with Gasteiger partial charge in [0.25, 0.3) is 0 Å². The number of carbonyl (C=O) groups is 2. The molecule has 7 heteroatoms. The standard InChI is InChI=1S/C8H10BrNO3S.K/c1-8(2)4(7(12)13)10-5(11)3(9)6(10)14-8;/h3-4,6H,1-2H3,(H,12,13);/t3-,4+,6-;/m1./s1. The van der Waals surface area contributed by atoms with Gasteiger partial charge in [0.2, 0.25) is 5.91 Å². The summed E-state index contributed by atoms with van der Waals surface area (Å²) in [7, 11) is 0. The summed E-state index contributed by atoms with van der Waals surface area (Å²) in [5, 5.41) is 9.04. The molecule has 2 aliphatic heterocycles. The number of carbonyl (C=O) groups excluding carboxylic acids is 1. The van der Waals surface area contributed by atoms with Crippen LogP contribution in [0.1, 0.15) is 13.8 Å². The number of β-lactam (4-membered cyclic amide) rings is 1. The number of alkyl halides is 1. The maximum absolute atomic E-state index is 11.4. The summed E-state index contributed by atoms with van der Waals surface area (Å²) >= 11 is 4.80. The Morgan fingerprint density at radius 3 is 2.60 bits per heavy atom. The van der Waals surface area contributed by atoms with Gasteiger partial charge in [-0.25, -0.2) is 4.79 Å². The number of thioether (sulfide) groups is 1. The van der Waals surface area contributed by atoms with E-state index in [1.165, 1.54) is 4.90 Å². The Morgan fingerprint density at radius 2 is 2.13 bits per heavy atom. The van der Waals surface area contributed by atoms with E-state index in [0.717, 1.165) is 0 Å². The summed E-state index contributed by atoms with van der Waals surface area (Å²) in [5.41, 5.74) is 0. The molecule has 0 aromatic heterocycles. The van der Waals surface area contributed by atoms with Crippen LogP contribution in [0.2, 0.25) is 0 Å². The Hall–Kier alpha value is 1.41. The van der Waals surface area contributed by atoms with Crippen molar-refractivity contribution < 1.29 is 14.7 Å². The minimum absolute atomic E-state index is 0. The average Bonchev–Trinajstić information content (AvgIpc) is 2.34. The first kappa shape index (κ1) is 14.5. The van der Waals surface area contributed by atoms with Gasteiger partial charge in [-0.1, -0.05) is 15.9 Å². The molecule has 2 aliphatic rings. The molecule has 15 heavy (non-hydrogen) atoms. The van der Waals surface area contributed by atoms with E-state index >= 15 is 0 Å². The molecule has 0 bridgehead atoms. The Bertz CT molecular complexity index is 325. The second-order valence-corrected chi connectivity index (χ2v) is 6.76. The summed E-state index contributed by atoms with van der Waals surface area (Å²) in [4.78, 5) is 23.7. The molecule has 0 unspecified atom stereocenters. The number of halogens is 1. The molecule has 0 spiro atoms. The number of carboxylic acids is 1. The molecule has 2 saturated heterocycles. The molecule has 0 aliphatic carbocycles. The largest absolute Gasteiger partial charge is 0.480 e. The molecule has 3 atom stereocenters. The van der Waals surface area contributed by atoms with Crippen LogP contribution >= 0.6 is 27.7 Å². The number of rotatable bonds is 1. The van der Waals surface area contributed by atoms with Crippen LogP contribution in [0.5, 0.6) is 0 Å². The molecular weight excluding hydrogens is 309 g/mol. The summed E-state index contributed by atoms with van der Waals surface area (Å²) in [6, 6.07) is -0.696. The summed E-state index contributed by atoms with van der Waals surface area (Å²) in [5.74, 6) is -1.03. The van der Waals surface area contributed by atoms with Gasteiger partial charge in [-0.05, 0) is 13.8 Å². The van der Waals surface area contributed by atoms with Crippen LogP contribution in [-0.4, -0.2) is 94.3 Å². The van der Waals surface area contributed by atoms with E-state index in [9.17, 15) is 9.59 Å². The van der Waals surface area contributed by atoms with Crippen molar-refractivity contribution in [2.75, 3.05) is 0 Å². The predicted octanol–water partition coefficient (Wildman–Crippen LogP) is 0.516. The van der Waals surface area contributed by atoms with Crippen molar-refractivity contribution in [1.82, 2.24) is 4.90 Å². The molecule has 4 nitrogen and oxygen atoms in total. The average molecular weight is 319 g/mol. The van der Waals surface area contributed by atoms with Gasteiger partial charge in [0, 0.05) is 56.1 Å². The van der Waals surface area contributed by atoms with Crippen LogP contribution in [0.4, 0.5) is 0 Å². The number of aliphatic carboxylic acids is 1. The summed E-state index contributed by atoms with van der Waals surface area (Å²) in [6.45, 7) is 3.73. The van der Waals surface area contributed by atoms with Crippen molar-refractivity contribution in [1.29, 1.82) is 0 Å². The van der Waals surface area contributed by atoms with Crippen LogP contribution in [0.15, 0.2) is 0 Å². The van der Waals surface area contributed by atoms with E-state index < -0.39 is 16.8 Å². The third-order valence-corrected chi connectivity index (χ3v) is 5.42. The molecule has 2 fully saturated rings. The van der Waals surface area contributed by atoms with Gasteiger partial charge in [0.15, 0.2) is 0 Å². The monoisotopic (exact) mass is 318 g/mol. The van der Waals surface area contributed by atoms with Gasteiger partial charge in [0.1, 0.15) is 16.2 Å². The molecule has 2 heterocycles. The molecule has 2 rings (SSSR count). The fraction of sp³-hybridized carbons (Fsp3) is 0.750. The third kappa shape index (κ3) is 2.09. The predicted molar refractivity (Wildman–Crippen MR) is 62.2 cm³/mol. The van der Waals surface area contributed by atoms with Crippen LogP contribution in [0, 0.1) is 0 Å². The van der Waals surface area contributed by atoms with Crippen LogP contribution in [-0.2, 0) is 9.59 Å². The van der Waals surface area contributed by atoms with Crippen molar-refractivity contribution in [3.8, 4) is 0 Å². The second kappa shape index (κ2) is 4.59. The van der Waals surface area contributed by atoms with E-state index in [4.69, 9.17) is 5.11 Å². The SMILES string of the molecule is CC1(C)S[C@@H]2[C@H](Br)C(=O)N2[C@H]1C(=O)O.[K]. The summed E-state index contributed by atoms with van der Waals surface area (Å²) < 4.78 is -0.408. The quantitative estimate of drug-likeness (QED) is 0.435. The maximum atomic E-state index is 11.4. The number of amides is 1. The Balaban J connectivity index is 0.00000112. The normalized spacial score (nSPS) is 36.6. The zero-order valence-corrected chi connectivity index (χ0v) is 14.3. The topological polar surface area (TPSA) is 57.6 Å². The minimum Gasteiger partial charge on any atom is -0.480 e. The van der Waals surface area contributed by atoms with Crippen molar-refractivity contribution in [3.05, 3.63) is 0 Å². The third-order valence-electron chi connectivity index (χ3n) is 2.61. The zero-order chi connectivity index (χ0) is 10.7. The van der Waals surface area contributed by atoms with Crippen LogP contribution < -0.4 is 0 Å². The van der Waals surface area contributed by atoms with Crippen LogP contribution in [0.3, 0.4) is 0 Å². The Labute approximate surface area is 143 Å². The van der Waals surface area contributed by atoms with Gasteiger partial charge in [-0.15, -0.1) is 11.8 Å². The number of nitrogens with zero attached hydrogens (tertiary/aromatic N) is 1. The Morgan fingerprint density at radius 1 is 1.60 bits per heavy atom. The van der Waals surface area contributed by atoms with E-state index in [0.29, 0.717) is 0 Å². The number of hydrogen-bond acceptors (Lipinski definition) is 3. The van der Waals surface area contributed by atoms with E-state index in [1.54, 1.807) is 11.8 Å². The van der Waals surface area contributed by atoms with E-state index in [-0.39, 0.29) is 67.5 Å². The summed E-state index contributed by atoms with van der Waals surface area (Å²) in [6.07, 6.45) is 0. The first-order valence-corrected chi connectivity index (χ1v) is 6.02. The van der Waals surface area contributed by atoms with Crippen molar-refractivity contribution >= 4 is 91.0 Å². The number of carboxylic acid groups (broad SMARTS) is 1. The Kier molecular flexibility index (Phi) is 4.42. The molecule has 1 radical (unpaired) electrons. The van der Waals surface area contributed by atoms with Gasteiger partial charge in [-0.2, -0.15) is 0 Å². The van der Waals surface area contributed by atoms with Gasteiger partial charge >= 0.3 is 5.97 Å². The van der Waals surface area contributed by atoms with Gasteiger partial charge in [-0.3, -0.25) is 4.79 Å². The van der Waals surface area contributed by atoms with Crippen molar-refractivity contribution in [2.24, 2.45) is 0 Å². The molecule has 1 amide bonds. The number of hydrogen-bond donors (Lipinski definition) is 1. The minimum atomic E-state index is -0.919. The first-order chi connectivity index (χ1) is 6.36. The molecular formula is C8H10BrKNO3S. The first-order valence-electron chi connectivity index (χ1n) is 4.23. The van der Waals surface area contributed by atoms with E-state index in [2.05, 4.69) is 15.9 Å².